The van der Waals surface area contributed by atoms with Gasteiger partial charge in [0.05, 0.1) is 12.2 Å². The molecular weight excluding hydrogens is 228 g/mol. The highest BCUT2D eigenvalue weighted by Crippen LogP contribution is 2.26. The minimum absolute atomic E-state index is 0.335. The van der Waals surface area contributed by atoms with Crippen molar-refractivity contribution in [3.8, 4) is 5.75 Å². The van der Waals surface area contributed by atoms with E-state index in [1.165, 1.54) is 23.8 Å². The number of hydrogen-bond donors (Lipinski definition) is 0. The third-order valence-corrected chi connectivity index (χ3v) is 3.04. The van der Waals surface area contributed by atoms with Crippen molar-refractivity contribution in [1.29, 1.82) is 0 Å². The van der Waals surface area contributed by atoms with Gasteiger partial charge in [-0.2, -0.15) is 0 Å². The minimum Gasteiger partial charge on any atom is -0.464 e. The summed E-state index contributed by atoms with van der Waals surface area (Å²) in [6, 6.07) is 6.10. The van der Waals surface area contributed by atoms with E-state index in [1.54, 1.807) is 13.8 Å². The van der Waals surface area contributed by atoms with Crippen molar-refractivity contribution in [2.45, 2.75) is 33.1 Å². The van der Waals surface area contributed by atoms with Gasteiger partial charge in [0.25, 0.3) is 0 Å². The van der Waals surface area contributed by atoms with Gasteiger partial charge in [-0.1, -0.05) is 6.07 Å². The summed E-state index contributed by atoms with van der Waals surface area (Å²) in [4.78, 5) is 11.4. The van der Waals surface area contributed by atoms with Crippen molar-refractivity contribution < 1.29 is 14.3 Å². The second-order valence-electron chi connectivity index (χ2n) is 4.42. The maximum atomic E-state index is 11.4. The highest BCUT2D eigenvalue weighted by Gasteiger charge is 2.11. The van der Waals surface area contributed by atoms with Crippen LogP contribution in [-0.2, 0) is 22.4 Å². The van der Waals surface area contributed by atoms with E-state index in [2.05, 4.69) is 12.1 Å². The van der Waals surface area contributed by atoms with Crippen molar-refractivity contribution in [2.24, 2.45) is 0 Å². The minimum atomic E-state index is -0.335. The molecular formula is C15H18O3. The molecule has 0 amide bonds. The molecule has 18 heavy (non-hydrogen) atoms. The van der Waals surface area contributed by atoms with E-state index in [4.69, 9.17) is 9.47 Å². The Hall–Kier alpha value is -1.77. The molecule has 1 aromatic rings. The second kappa shape index (κ2) is 5.71. The number of benzene rings is 1. The maximum Gasteiger partial charge on any atom is 0.336 e. The average Bonchev–Trinajstić information content (AvgIpc) is 2.83. The zero-order valence-corrected chi connectivity index (χ0v) is 10.9. The molecule has 0 saturated carbocycles. The number of hydrogen-bond acceptors (Lipinski definition) is 3. The average molecular weight is 246 g/mol. The van der Waals surface area contributed by atoms with Crippen LogP contribution in [0.25, 0.3) is 0 Å². The summed E-state index contributed by atoms with van der Waals surface area (Å²) >= 11 is 0. The topological polar surface area (TPSA) is 35.5 Å². The van der Waals surface area contributed by atoms with Gasteiger partial charge < -0.3 is 9.47 Å². The van der Waals surface area contributed by atoms with E-state index < -0.39 is 0 Å². The molecule has 96 valence electrons. The van der Waals surface area contributed by atoms with Crippen LogP contribution >= 0.6 is 0 Å². The molecule has 3 heteroatoms. The first-order chi connectivity index (χ1) is 8.70. The Morgan fingerprint density at radius 2 is 2.11 bits per heavy atom. The molecule has 0 aliphatic heterocycles. The molecule has 0 saturated heterocycles. The first-order valence-corrected chi connectivity index (χ1v) is 6.33. The Bertz CT molecular complexity index is 475. The number of aryl methyl sites for hydroxylation is 2. The molecule has 1 aliphatic carbocycles. The van der Waals surface area contributed by atoms with E-state index in [9.17, 15) is 4.79 Å². The van der Waals surface area contributed by atoms with E-state index in [1.807, 2.05) is 6.07 Å². The third-order valence-electron chi connectivity index (χ3n) is 3.04. The lowest BCUT2D eigenvalue weighted by molar-refractivity contribution is -0.138. The van der Waals surface area contributed by atoms with Gasteiger partial charge in [-0.3, -0.25) is 0 Å². The lowest BCUT2D eigenvalue weighted by Gasteiger charge is -2.05. The van der Waals surface area contributed by atoms with Crippen LogP contribution in [0, 0.1) is 0 Å². The van der Waals surface area contributed by atoms with Gasteiger partial charge >= 0.3 is 5.97 Å². The smallest absolute Gasteiger partial charge is 0.336 e. The second-order valence-corrected chi connectivity index (χ2v) is 4.42. The Morgan fingerprint density at radius 1 is 1.33 bits per heavy atom. The molecule has 1 aromatic carbocycles. The van der Waals surface area contributed by atoms with Crippen molar-refractivity contribution in [1.82, 2.24) is 0 Å². The number of carbonyl (C=O) groups is 1. The summed E-state index contributed by atoms with van der Waals surface area (Å²) < 4.78 is 10.4. The summed E-state index contributed by atoms with van der Waals surface area (Å²) in [6.07, 6.45) is 4.95. The fraction of sp³-hybridized carbons (Fsp3) is 0.400. The summed E-state index contributed by atoms with van der Waals surface area (Å²) in [5, 5.41) is 0. The largest absolute Gasteiger partial charge is 0.464 e. The summed E-state index contributed by atoms with van der Waals surface area (Å²) in [6.45, 7) is 3.85. The van der Waals surface area contributed by atoms with Crippen molar-refractivity contribution in [3.63, 3.8) is 0 Å². The summed E-state index contributed by atoms with van der Waals surface area (Å²) in [5.41, 5.74) is 3.24. The van der Waals surface area contributed by atoms with E-state index in [0.717, 1.165) is 18.6 Å². The molecule has 0 fully saturated rings. The molecule has 1 aliphatic rings. The van der Waals surface area contributed by atoms with Crippen LogP contribution in [0.5, 0.6) is 5.75 Å². The third kappa shape index (κ3) is 2.92. The number of carbonyl (C=O) groups excluding carboxylic acids is 1. The molecule has 3 nitrogen and oxygen atoms in total. The fourth-order valence-corrected chi connectivity index (χ4v) is 2.07. The molecule has 0 heterocycles. The number of rotatable bonds is 4. The quantitative estimate of drug-likeness (QED) is 0.465. The highest BCUT2D eigenvalue weighted by molar-refractivity contribution is 5.87. The van der Waals surface area contributed by atoms with Crippen molar-refractivity contribution >= 4 is 5.97 Å². The molecule has 0 bridgehead atoms. The van der Waals surface area contributed by atoms with E-state index >= 15 is 0 Å². The summed E-state index contributed by atoms with van der Waals surface area (Å²) in [7, 11) is 0. The SMILES string of the molecule is CCOC(=O)C(C)=COc1ccc2c(c1)CCC2. The monoisotopic (exact) mass is 246 g/mol. The van der Waals surface area contributed by atoms with Gasteiger partial charge in [-0.25, -0.2) is 4.79 Å². The van der Waals surface area contributed by atoms with Gasteiger partial charge in [-0.15, -0.1) is 0 Å². The summed E-state index contributed by atoms with van der Waals surface area (Å²) in [5.74, 6) is 0.443. The van der Waals surface area contributed by atoms with E-state index in [-0.39, 0.29) is 5.97 Å². The number of ether oxygens (including phenoxy) is 2. The molecule has 0 atom stereocenters. The Balaban J connectivity index is 2.01. The molecule has 0 radical (unpaired) electrons. The van der Waals surface area contributed by atoms with Crippen LogP contribution in [0.15, 0.2) is 30.0 Å². The Morgan fingerprint density at radius 3 is 2.89 bits per heavy atom. The van der Waals surface area contributed by atoms with Crippen LogP contribution in [0.1, 0.15) is 31.4 Å². The molecule has 2 rings (SSSR count). The lowest BCUT2D eigenvalue weighted by atomic mass is 10.1. The first kappa shape index (κ1) is 12.7. The fourth-order valence-electron chi connectivity index (χ4n) is 2.07. The van der Waals surface area contributed by atoms with Gasteiger partial charge in [0.15, 0.2) is 0 Å². The van der Waals surface area contributed by atoms with Crippen LogP contribution in [0.4, 0.5) is 0 Å². The van der Waals surface area contributed by atoms with Gasteiger partial charge in [0, 0.05) is 0 Å². The van der Waals surface area contributed by atoms with Gasteiger partial charge in [0.2, 0.25) is 0 Å². The molecule has 0 unspecified atom stereocenters. The maximum absolute atomic E-state index is 11.4. The van der Waals surface area contributed by atoms with Crippen molar-refractivity contribution in [2.75, 3.05) is 6.61 Å². The van der Waals surface area contributed by atoms with Crippen LogP contribution in [0.3, 0.4) is 0 Å². The highest BCUT2D eigenvalue weighted by atomic mass is 16.5. The Labute approximate surface area is 107 Å². The van der Waals surface area contributed by atoms with Crippen LogP contribution in [-0.4, -0.2) is 12.6 Å². The predicted octanol–water partition coefficient (Wildman–Crippen LogP) is 3.02. The normalized spacial score (nSPS) is 14.2. The first-order valence-electron chi connectivity index (χ1n) is 6.33. The zero-order chi connectivity index (χ0) is 13.0. The lowest BCUT2D eigenvalue weighted by Crippen LogP contribution is -2.06. The predicted molar refractivity (Wildman–Crippen MR) is 69.5 cm³/mol. The van der Waals surface area contributed by atoms with Crippen LogP contribution < -0.4 is 4.74 Å². The standard InChI is InChI=1S/C15H18O3/c1-3-17-15(16)11(2)10-18-14-8-7-12-5-4-6-13(12)9-14/h7-10H,3-6H2,1-2H3. The molecule has 0 N–H and O–H groups in total. The zero-order valence-electron chi connectivity index (χ0n) is 10.9. The molecule has 0 spiro atoms. The molecule has 0 aromatic heterocycles. The Kier molecular flexibility index (Phi) is 4.03. The number of esters is 1. The van der Waals surface area contributed by atoms with Gasteiger partial charge in [0.1, 0.15) is 12.0 Å². The number of fused-ring (bicyclic) bond motifs is 1. The van der Waals surface area contributed by atoms with Crippen LogP contribution in [0.2, 0.25) is 0 Å². The van der Waals surface area contributed by atoms with Crippen molar-refractivity contribution in [3.05, 3.63) is 41.2 Å². The van der Waals surface area contributed by atoms with E-state index in [0.29, 0.717) is 12.2 Å². The van der Waals surface area contributed by atoms with Gasteiger partial charge in [-0.05, 0) is 56.4 Å².